The van der Waals surface area contributed by atoms with Crippen LogP contribution in [-0.4, -0.2) is 9.13 Å². The first-order valence-electron chi connectivity index (χ1n) is 17.5. The Kier molecular flexibility index (Phi) is 7.29. The van der Waals surface area contributed by atoms with Gasteiger partial charge in [-0.2, -0.15) is 0 Å². The lowest BCUT2D eigenvalue weighted by atomic mass is 10.1. The summed E-state index contributed by atoms with van der Waals surface area (Å²) in [6.07, 6.45) is 0. The molecule has 0 aliphatic heterocycles. The van der Waals surface area contributed by atoms with Crippen LogP contribution in [0.15, 0.2) is 146 Å². The number of hydrogen-bond acceptors (Lipinski definition) is 5. The second-order valence-electron chi connectivity index (χ2n) is 13.4. The van der Waals surface area contributed by atoms with Gasteiger partial charge in [0, 0.05) is 106 Å². The van der Waals surface area contributed by atoms with Crippen molar-refractivity contribution in [3.05, 3.63) is 146 Å². The van der Waals surface area contributed by atoms with Crippen molar-refractivity contribution in [3.8, 4) is 59.9 Å². The highest BCUT2D eigenvalue weighted by Gasteiger charge is 2.16. The van der Waals surface area contributed by atoms with Gasteiger partial charge in [0.2, 0.25) is 0 Å². The summed E-state index contributed by atoms with van der Waals surface area (Å²) in [5.41, 5.74) is 7.65. The van der Waals surface area contributed by atoms with E-state index in [2.05, 4.69) is 169 Å². The van der Waals surface area contributed by atoms with Gasteiger partial charge in [0.1, 0.15) is 0 Å². The number of thiophene rings is 5. The van der Waals surface area contributed by atoms with Crippen LogP contribution in [0.3, 0.4) is 0 Å². The van der Waals surface area contributed by atoms with Crippen LogP contribution in [-0.2, 0) is 14.1 Å². The summed E-state index contributed by atoms with van der Waals surface area (Å²) in [4.78, 5) is 13.2. The largest absolute Gasteiger partial charge is 0.344 e. The first-order chi connectivity index (χ1) is 26.1. The number of hydrogen-bond donors (Lipinski definition) is 0. The van der Waals surface area contributed by atoms with Crippen LogP contribution in [0, 0.1) is 0 Å². The summed E-state index contributed by atoms with van der Waals surface area (Å²) in [6.45, 7) is 0. The lowest BCUT2D eigenvalue weighted by molar-refractivity contribution is 1.01. The summed E-state index contributed by atoms with van der Waals surface area (Å²) >= 11 is 9.44. The van der Waals surface area contributed by atoms with Gasteiger partial charge in [-0.1, -0.05) is 48.5 Å². The van der Waals surface area contributed by atoms with Crippen molar-refractivity contribution in [2.75, 3.05) is 0 Å². The molecular weight excluding hydrogens is 741 g/mol. The average Bonchev–Trinajstić information content (AvgIpc) is 4.06. The van der Waals surface area contributed by atoms with Gasteiger partial charge < -0.3 is 9.13 Å². The third-order valence-electron chi connectivity index (χ3n) is 10.4. The molecule has 4 aromatic carbocycles. The number of nitrogens with zero attached hydrogens (tertiary/aromatic N) is 2. The van der Waals surface area contributed by atoms with Crippen LogP contribution in [0.1, 0.15) is 0 Å². The van der Waals surface area contributed by atoms with E-state index in [0.29, 0.717) is 0 Å². The van der Waals surface area contributed by atoms with Gasteiger partial charge in [0.15, 0.2) is 0 Å². The first-order valence-corrected chi connectivity index (χ1v) is 21.6. The fourth-order valence-corrected chi connectivity index (χ4v) is 13.1. The highest BCUT2D eigenvalue weighted by molar-refractivity contribution is 7.30. The standard InChI is InChI=1S/C46H30N2S5/c1-47-33-9-5-3-7-29(33)31-25-27(11-13-35(31)47)37-15-17-39(49-37)41-19-21-43(51-41)45-23-24-46(53-45)44-22-20-42(52-44)40-18-16-38(50-40)28-12-14-36-32(26-28)30-8-4-6-10-34(30)48(36)2/h3-26H,1-2H3. The van der Waals surface area contributed by atoms with Gasteiger partial charge in [-0.3, -0.25) is 0 Å². The van der Waals surface area contributed by atoms with E-state index in [0.717, 1.165) is 0 Å². The van der Waals surface area contributed by atoms with E-state index in [4.69, 9.17) is 0 Å². The number of para-hydroxylation sites is 2. The molecule has 0 unspecified atom stereocenters. The SMILES string of the molecule is Cn1c2ccccc2c2cc(-c3ccc(-c4ccc(-c5ccc(-c6ccc(-c7ccc(-c8ccc9c(c8)c8ccccc8n9C)s7)s6)s5)s4)s3)ccc21. The normalized spacial score (nSPS) is 12.0. The maximum Gasteiger partial charge on any atom is 0.0489 e. The van der Waals surface area contributed by atoms with Crippen molar-refractivity contribution in [1.82, 2.24) is 9.13 Å². The van der Waals surface area contributed by atoms with Crippen LogP contribution in [0.4, 0.5) is 0 Å². The Morgan fingerprint density at radius 3 is 0.925 bits per heavy atom. The molecule has 11 aromatic rings. The Morgan fingerprint density at radius 2 is 0.566 bits per heavy atom. The predicted molar refractivity (Wildman–Crippen MR) is 236 cm³/mol. The summed E-state index contributed by atoms with van der Waals surface area (Å²) in [5.74, 6) is 0. The van der Waals surface area contributed by atoms with Crippen molar-refractivity contribution in [2.45, 2.75) is 0 Å². The van der Waals surface area contributed by atoms with Gasteiger partial charge in [-0.05, 0) is 108 Å². The van der Waals surface area contributed by atoms with Crippen LogP contribution in [0.25, 0.3) is 104 Å². The zero-order valence-electron chi connectivity index (χ0n) is 28.8. The summed E-state index contributed by atoms with van der Waals surface area (Å²) in [7, 11) is 4.32. The molecule has 0 saturated carbocycles. The van der Waals surface area contributed by atoms with Gasteiger partial charge in [0.25, 0.3) is 0 Å². The third kappa shape index (κ3) is 5.14. The van der Waals surface area contributed by atoms with Crippen LogP contribution in [0.5, 0.6) is 0 Å². The lowest BCUT2D eigenvalue weighted by Gasteiger charge is -2.00. The maximum absolute atomic E-state index is 2.36. The van der Waals surface area contributed by atoms with E-state index in [-0.39, 0.29) is 0 Å². The molecule has 0 amide bonds. The fraction of sp³-hybridized carbons (Fsp3) is 0.0435. The van der Waals surface area contributed by atoms with E-state index in [1.54, 1.807) is 0 Å². The second-order valence-corrected chi connectivity index (χ2v) is 18.9. The number of fused-ring (bicyclic) bond motifs is 6. The highest BCUT2D eigenvalue weighted by Crippen LogP contribution is 2.46. The molecule has 0 saturated heterocycles. The van der Waals surface area contributed by atoms with Crippen molar-refractivity contribution in [2.24, 2.45) is 14.1 Å². The zero-order valence-corrected chi connectivity index (χ0v) is 32.9. The van der Waals surface area contributed by atoms with Crippen LogP contribution >= 0.6 is 56.7 Å². The summed E-state index contributed by atoms with van der Waals surface area (Å²) < 4.78 is 4.59. The van der Waals surface area contributed by atoms with E-state index in [1.807, 2.05) is 56.7 Å². The number of aryl methyl sites for hydroxylation is 2. The molecule has 0 fully saturated rings. The van der Waals surface area contributed by atoms with Gasteiger partial charge >= 0.3 is 0 Å². The molecule has 7 heteroatoms. The Hall–Kier alpha value is -5.02. The van der Waals surface area contributed by atoms with Crippen LogP contribution < -0.4 is 0 Å². The van der Waals surface area contributed by atoms with Crippen molar-refractivity contribution in [1.29, 1.82) is 0 Å². The Balaban J connectivity index is 0.829. The van der Waals surface area contributed by atoms with E-state index in [9.17, 15) is 0 Å². The molecule has 0 bridgehead atoms. The first kappa shape index (κ1) is 31.5. The highest BCUT2D eigenvalue weighted by atomic mass is 32.1. The second kappa shape index (κ2) is 12.3. The van der Waals surface area contributed by atoms with E-state index >= 15 is 0 Å². The fourth-order valence-electron chi connectivity index (χ4n) is 7.70. The Bertz CT molecular complexity index is 2960. The molecule has 0 aliphatic rings. The monoisotopic (exact) mass is 770 g/mol. The molecule has 7 heterocycles. The van der Waals surface area contributed by atoms with Gasteiger partial charge in [-0.25, -0.2) is 0 Å². The molecule has 53 heavy (non-hydrogen) atoms. The molecule has 0 N–H and O–H groups in total. The smallest absolute Gasteiger partial charge is 0.0489 e. The molecule has 254 valence electrons. The van der Waals surface area contributed by atoms with E-state index < -0.39 is 0 Å². The minimum absolute atomic E-state index is 1.27. The molecule has 0 aliphatic carbocycles. The van der Waals surface area contributed by atoms with Crippen molar-refractivity contribution >= 4 is 100 Å². The molecule has 2 nitrogen and oxygen atoms in total. The van der Waals surface area contributed by atoms with Crippen LogP contribution in [0.2, 0.25) is 0 Å². The maximum atomic E-state index is 2.36. The van der Waals surface area contributed by atoms with Gasteiger partial charge in [-0.15, -0.1) is 56.7 Å². The Morgan fingerprint density at radius 1 is 0.283 bits per heavy atom. The molecule has 7 aromatic heterocycles. The average molecular weight is 771 g/mol. The molecular formula is C46H30N2S5. The number of aromatic nitrogens is 2. The Labute approximate surface area is 326 Å². The molecule has 0 atom stereocenters. The van der Waals surface area contributed by atoms with Crippen molar-refractivity contribution < 1.29 is 0 Å². The molecule has 11 rings (SSSR count). The minimum Gasteiger partial charge on any atom is -0.344 e. The molecule has 0 spiro atoms. The minimum atomic E-state index is 1.27. The lowest BCUT2D eigenvalue weighted by Crippen LogP contribution is -1.85. The number of benzene rings is 4. The quantitative estimate of drug-likeness (QED) is 0.159. The molecule has 0 radical (unpaired) electrons. The summed E-state index contributed by atoms with van der Waals surface area (Å²) in [6, 6.07) is 54.1. The van der Waals surface area contributed by atoms with E-state index in [1.165, 1.54) is 104 Å². The topological polar surface area (TPSA) is 9.86 Å². The van der Waals surface area contributed by atoms with Gasteiger partial charge in [0.05, 0.1) is 0 Å². The predicted octanol–water partition coefficient (Wildman–Crippen LogP) is 15.3. The zero-order chi connectivity index (χ0) is 35.2. The van der Waals surface area contributed by atoms with Crippen molar-refractivity contribution in [3.63, 3.8) is 0 Å². The summed E-state index contributed by atoms with van der Waals surface area (Å²) in [5, 5.41) is 5.25. The number of rotatable bonds is 6. The third-order valence-corrected chi connectivity index (χ3v) is 16.7.